The van der Waals surface area contributed by atoms with E-state index < -0.39 is 0 Å². The van der Waals surface area contributed by atoms with Gasteiger partial charge in [0.25, 0.3) is 0 Å². The Kier molecular flexibility index (Phi) is 9.01. The lowest BCUT2D eigenvalue weighted by Crippen LogP contribution is -2.10. The Balaban J connectivity index is 1.12. The summed E-state index contributed by atoms with van der Waals surface area (Å²) in [6.45, 7) is 0. The fourth-order valence-corrected chi connectivity index (χ4v) is 8.85. The van der Waals surface area contributed by atoms with E-state index >= 15 is 0 Å². The van der Waals surface area contributed by atoms with Crippen LogP contribution in [0.4, 0.5) is 17.1 Å². The SMILES string of the molecule is c1ccc(-c2cc(-c3ccccc3)c(-c3ccc(N(c4ccc(C5CCCCC5)cc4)c4ccc5c(c4)oc4ccccc45)cc3)c(-c3ccccc3)c2)cc1. The number of para-hydroxylation sites is 1. The zero-order chi connectivity index (χ0) is 37.3. The Morgan fingerprint density at radius 1 is 0.375 bits per heavy atom. The molecule has 0 unspecified atom stereocenters. The highest BCUT2D eigenvalue weighted by molar-refractivity contribution is 6.06. The Morgan fingerprint density at radius 3 is 1.52 bits per heavy atom. The molecule has 8 aromatic carbocycles. The molecule has 1 saturated carbocycles. The van der Waals surface area contributed by atoms with Crippen LogP contribution in [-0.4, -0.2) is 0 Å². The lowest BCUT2D eigenvalue weighted by atomic mass is 9.84. The van der Waals surface area contributed by atoms with E-state index in [1.807, 2.05) is 6.07 Å². The first kappa shape index (κ1) is 33.9. The quantitative estimate of drug-likeness (QED) is 0.155. The fraction of sp³-hybridized carbons (Fsp3) is 0.111. The van der Waals surface area contributed by atoms with Gasteiger partial charge in [-0.2, -0.15) is 0 Å². The smallest absolute Gasteiger partial charge is 0.137 e. The standard InChI is InChI=1S/C54H43NO/c1-5-15-38(16-6-1)40-25-29-45(30-26-40)55(47-33-34-49-48-23-13-14-24-52(48)56-53(49)37-47)46-31-27-43(28-32-46)54-50(41-19-9-3-10-20-41)35-44(39-17-7-2-8-18-39)36-51(54)42-21-11-4-12-22-42/h2-4,7-14,17-38H,1,5-6,15-16H2. The molecule has 0 amide bonds. The largest absolute Gasteiger partial charge is 0.456 e. The Labute approximate surface area is 329 Å². The second-order valence-corrected chi connectivity index (χ2v) is 15.1. The summed E-state index contributed by atoms with van der Waals surface area (Å²) in [5, 5.41) is 2.27. The summed E-state index contributed by atoms with van der Waals surface area (Å²) in [6.07, 6.45) is 6.59. The van der Waals surface area contributed by atoms with Crippen LogP contribution in [-0.2, 0) is 0 Å². The molecular formula is C54H43NO. The first-order chi connectivity index (χ1) is 27.8. The van der Waals surface area contributed by atoms with E-state index in [9.17, 15) is 0 Å². The van der Waals surface area contributed by atoms with Crippen LogP contribution in [0.15, 0.2) is 199 Å². The van der Waals surface area contributed by atoms with Gasteiger partial charge in [-0.15, -0.1) is 0 Å². The predicted octanol–water partition coefficient (Wildman–Crippen LogP) is 15.8. The maximum Gasteiger partial charge on any atom is 0.137 e. The van der Waals surface area contributed by atoms with E-state index in [4.69, 9.17) is 4.42 Å². The molecule has 0 radical (unpaired) electrons. The third-order valence-corrected chi connectivity index (χ3v) is 11.7. The topological polar surface area (TPSA) is 16.4 Å². The van der Waals surface area contributed by atoms with Crippen molar-refractivity contribution in [2.75, 3.05) is 4.90 Å². The van der Waals surface area contributed by atoms with Crippen LogP contribution in [0.5, 0.6) is 0 Å². The highest BCUT2D eigenvalue weighted by atomic mass is 16.3. The maximum absolute atomic E-state index is 6.42. The van der Waals surface area contributed by atoms with Gasteiger partial charge in [0.2, 0.25) is 0 Å². The van der Waals surface area contributed by atoms with Crippen molar-refractivity contribution in [1.29, 1.82) is 0 Å². The summed E-state index contributed by atoms with van der Waals surface area (Å²) in [7, 11) is 0. The minimum atomic E-state index is 0.656. The van der Waals surface area contributed by atoms with E-state index in [1.165, 1.54) is 82.2 Å². The number of fused-ring (bicyclic) bond motifs is 3. The Hall–Kier alpha value is -6.64. The summed E-state index contributed by atoms with van der Waals surface area (Å²) in [5.74, 6) is 0.656. The molecule has 1 aliphatic carbocycles. The maximum atomic E-state index is 6.42. The third-order valence-electron chi connectivity index (χ3n) is 11.7. The second kappa shape index (κ2) is 14.9. The first-order valence-corrected chi connectivity index (χ1v) is 20.0. The van der Waals surface area contributed by atoms with Crippen LogP contribution in [0.1, 0.15) is 43.6 Å². The van der Waals surface area contributed by atoms with Crippen molar-refractivity contribution >= 4 is 39.0 Å². The van der Waals surface area contributed by atoms with Crippen molar-refractivity contribution in [3.63, 3.8) is 0 Å². The molecule has 2 nitrogen and oxygen atoms in total. The molecule has 0 N–H and O–H groups in total. The van der Waals surface area contributed by atoms with Gasteiger partial charge in [-0.3, -0.25) is 0 Å². The van der Waals surface area contributed by atoms with Crippen LogP contribution >= 0.6 is 0 Å². The van der Waals surface area contributed by atoms with Crippen molar-refractivity contribution < 1.29 is 4.42 Å². The summed E-state index contributed by atoms with van der Waals surface area (Å²) < 4.78 is 6.42. The molecule has 0 spiro atoms. The van der Waals surface area contributed by atoms with E-state index in [0.29, 0.717) is 5.92 Å². The number of hydrogen-bond acceptors (Lipinski definition) is 2. The van der Waals surface area contributed by atoms with Crippen molar-refractivity contribution in [2.45, 2.75) is 38.0 Å². The molecule has 270 valence electrons. The summed E-state index contributed by atoms with van der Waals surface area (Å²) in [4.78, 5) is 2.37. The molecule has 1 heterocycles. The zero-order valence-corrected chi connectivity index (χ0v) is 31.4. The van der Waals surface area contributed by atoms with E-state index in [-0.39, 0.29) is 0 Å². The summed E-state index contributed by atoms with van der Waals surface area (Å²) in [5.41, 5.74) is 16.2. The van der Waals surface area contributed by atoms with Crippen molar-refractivity contribution in [2.24, 2.45) is 0 Å². The molecule has 1 fully saturated rings. The van der Waals surface area contributed by atoms with Crippen LogP contribution in [0.3, 0.4) is 0 Å². The van der Waals surface area contributed by atoms with Crippen LogP contribution in [0.25, 0.3) is 66.4 Å². The van der Waals surface area contributed by atoms with E-state index in [2.05, 4.69) is 193 Å². The number of anilines is 3. The number of furan rings is 1. The van der Waals surface area contributed by atoms with Gasteiger partial charge in [-0.05, 0) is 123 Å². The number of nitrogens with zero attached hydrogens (tertiary/aromatic N) is 1. The van der Waals surface area contributed by atoms with Crippen molar-refractivity contribution in [1.82, 2.24) is 0 Å². The molecule has 0 aliphatic heterocycles. The molecule has 0 bridgehead atoms. The Morgan fingerprint density at radius 2 is 0.893 bits per heavy atom. The van der Waals surface area contributed by atoms with Crippen molar-refractivity contribution in [3.05, 3.63) is 200 Å². The molecule has 0 atom stereocenters. The van der Waals surface area contributed by atoms with Gasteiger partial charge in [-0.1, -0.05) is 153 Å². The molecule has 56 heavy (non-hydrogen) atoms. The monoisotopic (exact) mass is 721 g/mol. The highest BCUT2D eigenvalue weighted by Gasteiger charge is 2.21. The molecule has 2 heteroatoms. The average Bonchev–Trinajstić information content (AvgIpc) is 3.66. The summed E-state index contributed by atoms with van der Waals surface area (Å²) >= 11 is 0. The van der Waals surface area contributed by atoms with Crippen molar-refractivity contribution in [3.8, 4) is 44.5 Å². The lowest BCUT2D eigenvalue weighted by Gasteiger charge is -2.27. The second-order valence-electron chi connectivity index (χ2n) is 15.1. The third kappa shape index (κ3) is 6.48. The van der Waals surface area contributed by atoms with Crippen LogP contribution < -0.4 is 4.90 Å². The first-order valence-electron chi connectivity index (χ1n) is 20.0. The van der Waals surface area contributed by atoms with Gasteiger partial charge in [0.05, 0.1) is 0 Å². The molecule has 10 rings (SSSR count). The highest BCUT2D eigenvalue weighted by Crippen LogP contribution is 2.45. The number of benzene rings is 8. The van der Waals surface area contributed by atoms with Crippen LogP contribution in [0.2, 0.25) is 0 Å². The molecule has 9 aromatic rings. The van der Waals surface area contributed by atoms with Gasteiger partial charge in [-0.25, -0.2) is 0 Å². The molecular weight excluding hydrogens is 679 g/mol. The normalized spacial score (nSPS) is 13.3. The molecule has 0 saturated heterocycles. The molecule has 1 aliphatic rings. The van der Waals surface area contributed by atoms with Gasteiger partial charge >= 0.3 is 0 Å². The van der Waals surface area contributed by atoms with Gasteiger partial charge in [0, 0.05) is 33.9 Å². The lowest BCUT2D eigenvalue weighted by molar-refractivity contribution is 0.443. The number of rotatable bonds is 8. The van der Waals surface area contributed by atoms with Crippen LogP contribution in [0, 0.1) is 0 Å². The van der Waals surface area contributed by atoms with Gasteiger partial charge in [0.15, 0.2) is 0 Å². The fourth-order valence-electron chi connectivity index (χ4n) is 8.85. The van der Waals surface area contributed by atoms with Gasteiger partial charge in [0.1, 0.15) is 11.2 Å². The predicted molar refractivity (Wildman–Crippen MR) is 236 cm³/mol. The molecule has 1 aromatic heterocycles. The van der Waals surface area contributed by atoms with E-state index in [0.717, 1.165) is 39.0 Å². The van der Waals surface area contributed by atoms with Gasteiger partial charge < -0.3 is 9.32 Å². The van der Waals surface area contributed by atoms with E-state index in [1.54, 1.807) is 0 Å². The number of hydrogen-bond donors (Lipinski definition) is 0. The minimum absolute atomic E-state index is 0.656. The average molecular weight is 722 g/mol. The minimum Gasteiger partial charge on any atom is -0.456 e. The zero-order valence-electron chi connectivity index (χ0n) is 31.4. The Bertz CT molecular complexity index is 2680. The summed E-state index contributed by atoms with van der Waals surface area (Å²) in [6, 6.07) is 70.5.